The molecule has 0 unspecified atom stereocenters. The zero-order valence-electron chi connectivity index (χ0n) is 8.54. The normalized spacial score (nSPS) is 12.9. The lowest BCUT2D eigenvalue weighted by Gasteiger charge is -2.03. The zero-order valence-corrected chi connectivity index (χ0v) is 8.54. The second-order valence-corrected chi connectivity index (χ2v) is 2.61. The standard InChI is InChI=1S/C10H18O3/c1-9(12-2)5-4-6-10(13-3)7-8-11/h5,7,11H,4,6,8H2,1-3H3. The number of aliphatic hydroxyl groups excluding tert-OH is 1. The van der Waals surface area contributed by atoms with Crippen molar-refractivity contribution in [2.75, 3.05) is 20.8 Å². The SMILES string of the molecule is COC(C)=CCCC(=CCO)OC. The monoisotopic (exact) mass is 186 g/mol. The van der Waals surface area contributed by atoms with Crippen LogP contribution < -0.4 is 0 Å². The van der Waals surface area contributed by atoms with Gasteiger partial charge >= 0.3 is 0 Å². The first-order valence-electron chi connectivity index (χ1n) is 4.29. The number of allylic oxidation sites excluding steroid dienone is 3. The summed E-state index contributed by atoms with van der Waals surface area (Å²) < 4.78 is 10.0. The number of rotatable bonds is 6. The molecule has 0 aliphatic rings. The fourth-order valence-electron chi connectivity index (χ4n) is 0.890. The van der Waals surface area contributed by atoms with Crippen molar-refractivity contribution in [1.29, 1.82) is 0 Å². The highest BCUT2D eigenvalue weighted by Crippen LogP contribution is 2.07. The Hall–Kier alpha value is -0.960. The lowest BCUT2D eigenvalue weighted by molar-refractivity contribution is 0.264. The van der Waals surface area contributed by atoms with Gasteiger partial charge in [0, 0.05) is 6.42 Å². The first kappa shape index (κ1) is 12.0. The molecular formula is C10H18O3. The van der Waals surface area contributed by atoms with Crippen molar-refractivity contribution in [3.05, 3.63) is 23.7 Å². The average molecular weight is 186 g/mol. The zero-order chi connectivity index (χ0) is 10.1. The Kier molecular flexibility index (Phi) is 7.11. The molecule has 0 aliphatic carbocycles. The van der Waals surface area contributed by atoms with Gasteiger partial charge in [0.15, 0.2) is 0 Å². The maximum atomic E-state index is 8.63. The lowest BCUT2D eigenvalue weighted by atomic mass is 10.2. The van der Waals surface area contributed by atoms with Crippen LogP contribution in [0.15, 0.2) is 23.7 Å². The van der Waals surface area contributed by atoms with E-state index in [1.54, 1.807) is 20.3 Å². The van der Waals surface area contributed by atoms with E-state index >= 15 is 0 Å². The molecule has 0 fully saturated rings. The van der Waals surface area contributed by atoms with Crippen molar-refractivity contribution < 1.29 is 14.6 Å². The largest absolute Gasteiger partial charge is 0.502 e. The maximum absolute atomic E-state index is 8.63. The molecular weight excluding hydrogens is 168 g/mol. The van der Waals surface area contributed by atoms with E-state index in [1.807, 2.05) is 13.0 Å². The van der Waals surface area contributed by atoms with E-state index in [1.165, 1.54) is 0 Å². The Balaban J connectivity index is 3.79. The molecule has 0 spiro atoms. The number of hydrogen-bond donors (Lipinski definition) is 1. The third-order valence-corrected chi connectivity index (χ3v) is 1.73. The van der Waals surface area contributed by atoms with Gasteiger partial charge in [-0.05, 0) is 25.5 Å². The van der Waals surface area contributed by atoms with E-state index in [9.17, 15) is 0 Å². The van der Waals surface area contributed by atoms with Gasteiger partial charge in [0.25, 0.3) is 0 Å². The lowest BCUT2D eigenvalue weighted by Crippen LogP contribution is -1.89. The van der Waals surface area contributed by atoms with Crippen molar-refractivity contribution in [2.24, 2.45) is 0 Å². The van der Waals surface area contributed by atoms with Crippen molar-refractivity contribution in [3.8, 4) is 0 Å². The van der Waals surface area contributed by atoms with Gasteiger partial charge in [-0.25, -0.2) is 0 Å². The minimum absolute atomic E-state index is 0.0240. The van der Waals surface area contributed by atoms with Gasteiger partial charge in [0.05, 0.1) is 32.3 Å². The van der Waals surface area contributed by atoms with Crippen LogP contribution in [-0.2, 0) is 9.47 Å². The molecule has 76 valence electrons. The van der Waals surface area contributed by atoms with Crippen LogP contribution in [0.3, 0.4) is 0 Å². The number of aliphatic hydroxyl groups is 1. The summed E-state index contributed by atoms with van der Waals surface area (Å²) in [6.07, 6.45) is 5.30. The van der Waals surface area contributed by atoms with E-state index in [0.29, 0.717) is 0 Å². The van der Waals surface area contributed by atoms with Crippen molar-refractivity contribution in [2.45, 2.75) is 19.8 Å². The summed E-state index contributed by atoms with van der Waals surface area (Å²) in [6.45, 7) is 1.93. The van der Waals surface area contributed by atoms with Gasteiger partial charge in [0.2, 0.25) is 0 Å². The molecule has 0 saturated heterocycles. The highest BCUT2D eigenvalue weighted by atomic mass is 16.5. The van der Waals surface area contributed by atoms with Crippen LogP contribution in [0.2, 0.25) is 0 Å². The number of methoxy groups -OCH3 is 2. The second-order valence-electron chi connectivity index (χ2n) is 2.61. The van der Waals surface area contributed by atoms with E-state index in [0.717, 1.165) is 24.4 Å². The molecule has 0 aromatic rings. The highest BCUT2D eigenvalue weighted by molar-refractivity contribution is 4.97. The van der Waals surface area contributed by atoms with Crippen LogP contribution in [0.5, 0.6) is 0 Å². The molecule has 0 radical (unpaired) electrons. The van der Waals surface area contributed by atoms with Gasteiger partial charge in [0.1, 0.15) is 0 Å². The molecule has 0 heterocycles. The van der Waals surface area contributed by atoms with Gasteiger partial charge < -0.3 is 14.6 Å². The summed E-state index contributed by atoms with van der Waals surface area (Å²) >= 11 is 0. The average Bonchev–Trinajstić information content (AvgIpc) is 2.16. The molecule has 0 saturated carbocycles. The third kappa shape index (κ3) is 6.22. The number of ether oxygens (including phenoxy) is 2. The van der Waals surface area contributed by atoms with Gasteiger partial charge in [-0.2, -0.15) is 0 Å². The van der Waals surface area contributed by atoms with Gasteiger partial charge in [-0.1, -0.05) is 0 Å². The molecule has 0 aliphatic heterocycles. The Morgan fingerprint density at radius 3 is 2.38 bits per heavy atom. The van der Waals surface area contributed by atoms with Crippen molar-refractivity contribution in [1.82, 2.24) is 0 Å². The van der Waals surface area contributed by atoms with Crippen LogP contribution >= 0.6 is 0 Å². The number of hydrogen-bond acceptors (Lipinski definition) is 3. The highest BCUT2D eigenvalue weighted by Gasteiger charge is 1.94. The summed E-state index contributed by atoms with van der Waals surface area (Å²) in [5.41, 5.74) is 0. The molecule has 3 heteroatoms. The fraction of sp³-hybridized carbons (Fsp3) is 0.600. The predicted molar refractivity (Wildman–Crippen MR) is 52.2 cm³/mol. The Labute approximate surface area is 79.7 Å². The van der Waals surface area contributed by atoms with E-state index in [2.05, 4.69) is 0 Å². The maximum Gasteiger partial charge on any atom is 0.0941 e. The van der Waals surface area contributed by atoms with E-state index in [4.69, 9.17) is 14.6 Å². The van der Waals surface area contributed by atoms with E-state index in [-0.39, 0.29) is 6.61 Å². The molecule has 0 aromatic heterocycles. The minimum Gasteiger partial charge on any atom is -0.502 e. The summed E-state index contributed by atoms with van der Waals surface area (Å²) in [6, 6.07) is 0. The molecule has 3 nitrogen and oxygen atoms in total. The first-order chi connectivity index (χ1) is 6.24. The Bertz CT molecular complexity index is 183. The first-order valence-corrected chi connectivity index (χ1v) is 4.29. The minimum atomic E-state index is 0.0240. The second kappa shape index (κ2) is 7.68. The molecule has 0 aromatic carbocycles. The molecule has 0 atom stereocenters. The van der Waals surface area contributed by atoms with Crippen LogP contribution in [0.4, 0.5) is 0 Å². The smallest absolute Gasteiger partial charge is 0.0941 e. The predicted octanol–water partition coefficient (Wildman–Crippen LogP) is 1.84. The molecule has 0 rings (SSSR count). The summed E-state index contributed by atoms with van der Waals surface area (Å²) in [4.78, 5) is 0. The fourth-order valence-corrected chi connectivity index (χ4v) is 0.890. The molecule has 1 N–H and O–H groups in total. The quantitative estimate of drug-likeness (QED) is 0.643. The molecule has 0 bridgehead atoms. The van der Waals surface area contributed by atoms with Crippen LogP contribution in [0, 0.1) is 0 Å². The van der Waals surface area contributed by atoms with E-state index < -0.39 is 0 Å². The summed E-state index contributed by atoms with van der Waals surface area (Å²) in [5, 5.41) is 8.63. The molecule has 0 amide bonds. The van der Waals surface area contributed by atoms with Crippen molar-refractivity contribution >= 4 is 0 Å². The van der Waals surface area contributed by atoms with Crippen molar-refractivity contribution in [3.63, 3.8) is 0 Å². The van der Waals surface area contributed by atoms with Gasteiger partial charge in [-0.3, -0.25) is 0 Å². The summed E-state index contributed by atoms with van der Waals surface area (Å²) in [5.74, 6) is 1.71. The Morgan fingerprint density at radius 2 is 1.92 bits per heavy atom. The third-order valence-electron chi connectivity index (χ3n) is 1.73. The van der Waals surface area contributed by atoms with Gasteiger partial charge in [-0.15, -0.1) is 0 Å². The Morgan fingerprint density at radius 1 is 1.23 bits per heavy atom. The molecule has 13 heavy (non-hydrogen) atoms. The van der Waals surface area contributed by atoms with Crippen LogP contribution in [-0.4, -0.2) is 25.9 Å². The summed E-state index contributed by atoms with van der Waals surface area (Å²) in [7, 11) is 3.25. The topological polar surface area (TPSA) is 38.7 Å². The van der Waals surface area contributed by atoms with Crippen LogP contribution in [0.1, 0.15) is 19.8 Å². The van der Waals surface area contributed by atoms with Crippen LogP contribution in [0.25, 0.3) is 0 Å².